The fraction of sp³-hybridized carbons (Fsp3) is 0.182. The number of pyridine rings is 1. The molecule has 2 heterocycles. The summed E-state index contributed by atoms with van der Waals surface area (Å²) in [5, 5.41) is 20.2. The number of nitro groups is 1. The summed E-state index contributed by atoms with van der Waals surface area (Å²) in [5.41, 5.74) is -0.0472. The van der Waals surface area contributed by atoms with Crippen molar-refractivity contribution in [3.05, 3.63) is 40.2 Å². The number of nitrogens with zero attached hydrogens (tertiary/aromatic N) is 4. The zero-order valence-electron chi connectivity index (χ0n) is 10.8. The van der Waals surface area contributed by atoms with Crippen molar-refractivity contribution in [1.29, 1.82) is 0 Å². The Morgan fingerprint density at radius 2 is 2.10 bits per heavy atom. The van der Waals surface area contributed by atoms with Crippen molar-refractivity contribution in [2.24, 2.45) is 0 Å². The van der Waals surface area contributed by atoms with Crippen molar-refractivity contribution in [3.8, 4) is 5.82 Å². The van der Waals surface area contributed by atoms with E-state index in [1.807, 2.05) is 0 Å². The highest BCUT2D eigenvalue weighted by Gasteiger charge is 2.19. The summed E-state index contributed by atoms with van der Waals surface area (Å²) in [5.74, 6) is 0.121. The Balaban J connectivity index is 2.52. The van der Waals surface area contributed by atoms with E-state index in [4.69, 9.17) is 0 Å². The van der Waals surface area contributed by atoms with E-state index in [9.17, 15) is 14.9 Å². The molecule has 0 aromatic carbocycles. The summed E-state index contributed by atoms with van der Waals surface area (Å²) in [6.45, 7) is 0. The molecule has 2 N–H and O–H groups in total. The smallest absolute Gasteiger partial charge is 0.313 e. The Kier molecular flexibility index (Phi) is 3.60. The Morgan fingerprint density at radius 3 is 2.70 bits per heavy atom. The van der Waals surface area contributed by atoms with E-state index >= 15 is 0 Å². The fourth-order valence-corrected chi connectivity index (χ4v) is 1.58. The molecule has 0 atom stereocenters. The van der Waals surface area contributed by atoms with Gasteiger partial charge in [0.05, 0.1) is 4.92 Å². The lowest BCUT2D eigenvalue weighted by Crippen LogP contribution is -2.18. The molecule has 0 aliphatic rings. The van der Waals surface area contributed by atoms with Gasteiger partial charge in [0.15, 0.2) is 5.69 Å². The Morgan fingerprint density at radius 1 is 1.35 bits per heavy atom. The van der Waals surface area contributed by atoms with Gasteiger partial charge < -0.3 is 10.6 Å². The van der Waals surface area contributed by atoms with Gasteiger partial charge in [-0.1, -0.05) is 0 Å². The molecule has 2 aromatic rings. The Labute approximate surface area is 113 Å². The van der Waals surface area contributed by atoms with Gasteiger partial charge in [-0.2, -0.15) is 5.10 Å². The molecule has 0 spiro atoms. The lowest BCUT2D eigenvalue weighted by atomic mass is 10.3. The van der Waals surface area contributed by atoms with Crippen molar-refractivity contribution in [2.45, 2.75) is 0 Å². The molecule has 2 rings (SSSR count). The Hall–Kier alpha value is -2.97. The fourth-order valence-electron chi connectivity index (χ4n) is 1.58. The van der Waals surface area contributed by atoms with Gasteiger partial charge in [0.1, 0.15) is 5.82 Å². The third kappa shape index (κ3) is 2.41. The molecule has 0 bridgehead atoms. The summed E-state index contributed by atoms with van der Waals surface area (Å²) in [7, 11) is 3.13. The van der Waals surface area contributed by atoms with Gasteiger partial charge in [0, 0.05) is 26.4 Å². The monoisotopic (exact) mass is 276 g/mol. The number of carbonyl (C=O) groups is 1. The molecule has 9 nitrogen and oxygen atoms in total. The number of hydrogen-bond acceptors (Lipinski definition) is 6. The van der Waals surface area contributed by atoms with E-state index in [2.05, 4.69) is 20.7 Å². The third-order valence-electron chi connectivity index (χ3n) is 2.57. The molecule has 0 aliphatic carbocycles. The number of anilines is 1. The van der Waals surface area contributed by atoms with Crippen LogP contribution < -0.4 is 10.6 Å². The molecule has 9 heteroatoms. The average Bonchev–Trinajstić information content (AvgIpc) is 2.95. The van der Waals surface area contributed by atoms with Crippen LogP contribution in [-0.2, 0) is 0 Å². The van der Waals surface area contributed by atoms with Crippen molar-refractivity contribution >= 4 is 17.4 Å². The van der Waals surface area contributed by atoms with Gasteiger partial charge in [-0.05, 0) is 12.1 Å². The van der Waals surface area contributed by atoms with Gasteiger partial charge in [0.25, 0.3) is 5.91 Å². The van der Waals surface area contributed by atoms with Gasteiger partial charge in [-0.15, -0.1) is 0 Å². The van der Waals surface area contributed by atoms with Crippen molar-refractivity contribution in [1.82, 2.24) is 20.1 Å². The summed E-state index contributed by atoms with van der Waals surface area (Å²) in [6.07, 6.45) is 1.44. The number of carbonyl (C=O) groups excluding carboxylic acids is 1. The van der Waals surface area contributed by atoms with E-state index in [-0.39, 0.29) is 23.1 Å². The lowest BCUT2D eigenvalue weighted by molar-refractivity contribution is -0.384. The minimum absolute atomic E-state index is 0.0389. The SMILES string of the molecule is CNC(=O)c1ccn(-c2nc(NC)ccc2[N+](=O)[O-])n1. The minimum Gasteiger partial charge on any atom is -0.373 e. The molecule has 104 valence electrons. The molecular weight excluding hydrogens is 264 g/mol. The van der Waals surface area contributed by atoms with Crippen LogP contribution in [0.1, 0.15) is 10.5 Å². The predicted octanol–water partition coefficient (Wildman–Crippen LogP) is 0.577. The molecule has 0 saturated carbocycles. The first kappa shape index (κ1) is 13.5. The summed E-state index contributed by atoms with van der Waals surface area (Å²) in [4.78, 5) is 26.0. The number of hydrogen-bond donors (Lipinski definition) is 2. The topological polar surface area (TPSA) is 115 Å². The highest BCUT2D eigenvalue weighted by molar-refractivity contribution is 5.91. The molecule has 1 amide bonds. The molecular formula is C11H12N6O3. The first-order chi connectivity index (χ1) is 9.56. The van der Waals surface area contributed by atoms with E-state index in [0.717, 1.165) is 0 Å². The van der Waals surface area contributed by atoms with Crippen molar-refractivity contribution in [2.75, 3.05) is 19.4 Å². The molecule has 0 fully saturated rings. The quantitative estimate of drug-likeness (QED) is 0.623. The molecule has 0 aliphatic heterocycles. The van der Waals surface area contributed by atoms with Crippen LogP contribution in [0.5, 0.6) is 0 Å². The summed E-state index contributed by atoms with van der Waals surface area (Å²) in [6, 6.07) is 4.27. The highest BCUT2D eigenvalue weighted by atomic mass is 16.6. The van der Waals surface area contributed by atoms with Crippen LogP contribution in [0.15, 0.2) is 24.4 Å². The average molecular weight is 276 g/mol. The number of nitrogens with one attached hydrogen (secondary N) is 2. The van der Waals surface area contributed by atoms with Gasteiger partial charge in [0.2, 0.25) is 5.82 Å². The van der Waals surface area contributed by atoms with E-state index in [1.54, 1.807) is 7.05 Å². The normalized spacial score (nSPS) is 10.1. The van der Waals surface area contributed by atoms with Crippen LogP contribution in [-0.4, -0.2) is 39.7 Å². The van der Waals surface area contributed by atoms with Crippen LogP contribution in [0.2, 0.25) is 0 Å². The minimum atomic E-state index is -0.553. The zero-order chi connectivity index (χ0) is 14.7. The maximum atomic E-state index is 11.4. The highest BCUT2D eigenvalue weighted by Crippen LogP contribution is 2.22. The van der Waals surface area contributed by atoms with E-state index in [0.29, 0.717) is 5.82 Å². The zero-order valence-corrected chi connectivity index (χ0v) is 10.8. The number of aromatic nitrogens is 3. The van der Waals surface area contributed by atoms with Crippen LogP contribution in [0.3, 0.4) is 0 Å². The molecule has 2 aromatic heterocycles. The first-order valence-electron chi connectivity index (χ1n) is 5.68. The predicted molar refractivity (Wildman–Crippen MR) is 71.0 cm³/mol. The summed E-state index contributed by atoms with van der Waals surface area (Å²) < 4.78 is 1.20. The second kappa shape index (κ2) is 5.34. The van der Waals surface area contributed by atoms with Crippen LogP contribution in [0.4, 0.5) is 11.5 Å². The summed E-state index contributed by atoms with van der Waals surface area (Å²) >= 11 is 0. The second-order valence-electron chi connectivity index (χ2n) is 3.77. The largest absolute Gasteiger partial charge is 0.373 e. The maximum absolute atomic E-state index is 11.4. The standard InChI is InChI=1S/C11H12N6O3/c1-12-9-4-3-8(17(19)20)10(14-9)16-6-5-7(15-16)11(18)13-2/h3-6H,1-2H3,(H,12,14)(H,13,18). The number of rotatable bonds is 4. The lowest BCUT2D eigenvalue weighted by Gasteiger charge is -2.04. The van der Waals surface area contributed by atoms with Crippen LogP contribution in [0.25, 0.3) is 5.82 Å². The van der Waals surface area contributed by atoms with E-state index < -0.39 is 4.92 Å². The molecule has 20 heavy (non-hydrogen) atoms. The first-order valence-corrected chi connectivity index (χ1v) is 5.68. The van der Waals surface area contributed by atoms with Gasteiger partial charge in [-0.3, -0.25) is 14.9 Å². The van der Waals surface area contributed by atoms with Crippen LogP contribution >= 0.6 is 0 Å². The van der Waals surface area contributed by atoms with Crippen molar-refractivity contribution in [3.63, 3.8) is 0 Å². The number of amides is 1. The Bertz CT molecular complexity index is 666. The maximum Gasteiger partial charge on any atom is 0.313 e. The van der Waals surface area contributed by atoms with Crippen molar-refractivity contribution < 1.29 is 9.72 Å². The van der Waals surface area contributed by atoms with Crippen LogP contribution in [0, 0.1) is 10.1 Å². The molecule has 0 radical (unpaired) electrons. The van der Waals surface area contributed by atoms with Gasteiger partial charge >= 0.3 is 5.69 Å². The molecule has 0 saturated heterocycles. The van der Waals surface area contributed by atoms with E-state index in [1.165, 1.54) is 36.1 Å². The van der Waals surface area contributed by atoms with Gasteiger partial charge in [-0.25, -0.2) is 9.67 Å². The second-order valence-corrected chi connectivity index (χ2v) is 3.77. The third-order valence-corrected chi connectivity index (χ3v) is 2.57. The molecule has 0 unspecified atom stereocenters.